The summed E-state index contributed by atoms with van der Waals surface area (Å²) < 4.78 is 0.969. The smallest absolute Gasteiger partial charge is 0.226 e. The van der Waals surface area contributed by atoms with Gasteiger partial charge in [-0.2, -0.15) is 0 Å². The number of hydrogen-bond donors (Lipinski definition) is 3. The lowest BCUT2D eigenvalue weighted by atomic mass is 10.2. The summed E-state index contributed by atoms with van der Waals surface area (Å²) in [5.74, 6) is -0.0338. The number of aromatic amines is 1. The van der Waals surface area contributed by atoms with Crippen LogP contribution in [0.2, 0.25) is 0 Å². The standard InChI is InChI=1S/C15H19BrN4O.CH5N/c1-9(2)15(21)19-11-8-18-14-12(11)13(10(16)7-17-14)20-5-3-4-6-20;1-2/h7-9H,3-6H2,1-2H3,(H,17,18)(H,19,21);2H2,1H3. The molecule has 2 aromatic rings. The van der Waals surface area contributed by atoms with E-state index in [4.69, 9.17) is 0 Å². The first-order chi connectivity index (χ1) is 11.1. The molecule has 0 aromatic carbocycles. The van der Waals surface area contributed by atoms with Crippen LogP contribution >= 0.6 is 15.9 Å². The third-order valence-corrected chi connectivity index (χ3v) is 4.41. The highest BCUT2D eigenvalue weighted by molar-refractivity contribution is 9.10. The van der Waals surface area contributed by atoms with E-state index in [1.54, 1.807) is 0 Å². The fourth-order valence-corrected chi connectivity index (χ4v) is 3.23. The van der Waals surface area contributed by atoms with Gasteiger partial charge in [-0.15, -0.1) is 0 Å². The van der Waals surface area contributed by atoms with E-state index in [9.17, 15) is 4.79 Å². The number of pyridine rings is 1. The van der Waals surface area contributed by atoms with Crippen molar-refractivity contribution in [2.24, 2.45) is 11.7 Å². The van der Waals surface area contributed by atoms with E-state index >= 15 is 0 Å². The fraction of sp³-hybridized carbons (Fsp3) is 0.500. The number of nitrogens with zero attached hydrogens (tertiary/aromatic N) is 2. The zero-order chi connectivity index (χ0) is 17.0. The SMILES string of the molecule is CC(C)C(=O)Nc1c[nH]c2ncc(Br)c(N3CCCC3)c12.CN. The molecule has 1 saturated heterocycles. The summed E-state index contributed by atoms with van der Waals surface area (Å²) in [7, 11) is 1.50. The second kappa shape index (κ2) is 7.79. The molecule has 4 N–H and O–H groups in total. The number of carbonyl (C=O) groups is 1. The molecule has 23 heavy (non-hydrogen) atoms. The Morgan fingerprint density at radius 2 is 2.04 bits per heavy atom. The van der Waals surface area contributed by atoms with E-state index in [2.05, 4.69) is 41.8 Å². The maximum Gasteiger partial charge on any atom is 0.226 e. The molecule has 7 heteroatoms. The molecule has 0 spiro atoms. The summed E-state index contributed by atoms with van der Waals surface area (Å²) in [4.78, 5) is 21.9. The maximum absolute atomic E-state index is 12.0. The lowest BCUT2D eigenvalue weighted by Crippen LogP contribution is -2.20. The minimum absolute atomic E-state index is 0.0169. The minimum Gasteiger partial charge on any atom is -0.370 e. The number of fused-ring (bicyclic) bond motifs is 1. The average Bonchev–Trinajstić information content (AvgIpc) is 3.20. The van der Waals surface area contributed by atoms with Crippen molar-refractivity contribution >= 4 is 44.2 Å². The number of hydrogen-bond acceptors (Lipinski definition) is 4. The minimum atomic E-state index is -0.0506. The van der Waals surface area contributed by atoms with Gasteiger partial charge in [-0.1, -0.05) is 13.8 Å². The number of nitrogens with two attached hydrogens (primary N) is 1. The van der Waals surface area contributed by atoms with Crippen molar-refractivity contribution in [3.63, 3.8) is 0 Å². The van der Waals surface area contributed by atoms with E-state index in [1.165, 1.54) is 19.9 Å². The topological polar surface area (TPSA) is 87.0 Å². The van der Waals surface area contributed by atoms with Gasteiger partial charge < -0.3 is 20.9 Å². The van der Waals surface area contributed by atoms with Crippen LogP contribution in [0.1, 0.15) is 26.7 Å². The van der Waals surface area contributed by atoms with Crippen molar-refractivity contribution in [1.29, 1.82) is 0 Å². The molecule has 0 aliphatic carbocycles. The number of halogens is 1. The molecule has 6 nitrogen and oxygen atoms in total. The third kappa shape index (κ3) is 3.67. The predicted molar refractivity (Wildman–Crippen MR) is 98.8 cm³/mol. The number of anilines is 2. The van der Waals surface area contributed by atoms with Gasteiger partial charge in [0.1, 0.15) is 5.65 Å². The molecule has 126 valence electrons. The Labute approximate surface area is 145 Å². The largest absolute Gasteiger partial charge is 0.370 e. The first kappa shape index (κ1) is 17.7. The number of aromatic nitrogens is 2. The van der Waals surface area contributed by atoms with Crippen molar-refractivity contribution < 1.29 is 4.79 Å². The summed E-state index contributed by atoms with van der Waals surface area (Å²) >= 11 is 3.61. The van der Waals surface area contributed by atoms with Crippen molar-refractivity contribution in [3.05, 3.63) is 16.9 Å². The average molecular weight is 382 g/mol. The van der Waals surface area contributed by atoms with Gasteiger partial charge in [0, 0.05) is 31.4 Å². The van der Waals surface area contributed by atoms with Crippen molar-refractivity contribution in [1.82, 2.24) is 9.97 Å². The summed E-state index contributed by atoms with van der Waals surface area (Å²) in [6.07, 6.45) is 6.05. The zero-order valence-corrected chi connectivity index (χ0v) is 15.4. The molecule has 1 aliphatic heterocycles. The Hall–Kier alpha value is -1.60. The molecular formula is C16H24BrN5O. The van der Waals surface area contributed by atoms with Gasteiger partial charge in [0.25, 0.3) is 0 Å². The van der Waals surface area contributed by atoms with Crippen LogP contribution in [0.25, 0.3) is 11.0 Å². The quantitative estimate of drug-likeness (QED) is 0.761. The molecule has 0 atom stereocenters. The normalized spacial score (nSPS) is 14.1. The molecule has 3 heterocycles. The van der Waals surface area contributed by atoms with Crippen molar-refractivity contribution in [2.75, 3.05) is 30.4 Å². The predicted octanol–water partition coefficient (Wildman–Crippen LogP) is 3.10. The van der Waals surface area contributed by atoms with Gasteiger partial charge in [0.2, 0.25) is 5.91 Å². The van der Waals surface area contributed by atoms with Crippen LogP contribution in [0.5, 0.6) is 0 Å². The van der Waals surface area contributed by atoms with Crippen LogP contribution in [0.4, 0.5) is 11.4 Å². The lowest BCUT2D eigenvalue weighted by Gasteiger charge is -2.21. The second-order valence-electron chi connectivity index (χ2n) is 5.72. The summed E-state index contributed by atoms with van der Waals surface area (Å²) in [5, 5.41) is 3.98. The number of carbonyl (C=O) groups excluding carboxylic acids is 1. The number of nitrogens with one attached hydrogen (secondary N) is 2. The molecule has 1 fully saturated rings. The lowest BCUT2D eigenvalue weighted by molar-refractivity contribution is -0.118. The van der Waals surface area contributed by atoms with Gasteiger partial charge in [0.15, 0.2) is 0 Å². The van der Waals surface area contributed by atoms with E-state index in [-0.39, 0.29) is 11.8 Å². The maximum atomic E-state index is 12.0. The Kier molecular flexibility index (Phi) is 6.01. The first-order valence-corrected chi connectivity index (χ1v) is 8.66. The van der Waals surface area contributed by atoms with E-state index in [1.807, 2.05) is 26.2 Å². The zero-order valence-electron chi connectivity index (χ0n) is 13.8. The van der Waals surface area contributed by atoms with Gasteiger partial charge in [-0.05, 0) is 35.8 Å². The van der Waals surface area contributed by atoms with Gasteiger partial charge in [0.05, 0.1) is 21.2 Å². The van der Waals surface area contributed by atoms with Crippen LogP contribution in [0.15, 0.2) is 16.9 Å². The molecule has 0 radical (unpaired) electrons. The summed E-state index contributed by atoms with van der Waals surface area (Å²) in [5.41, 5.74) is 7.23. The monoisotopic (exact) mass is 381 g/mol. The summed E-state index contributed by atoms with van der Waals surface area (Å²) in [6.45, 7) is 5.86. The molecule has 2 aromatic heterocycles. The molecule has 0 bridgehead atoms. The van der Waals surface area contributed by atoms with Crippen LogP contribution in [0.3, 0.4) is 0 Å². The first-order valence-electron chi connectivity index (χ1n) is 7.87. The van der Waals surface area contributed by atoms with E-state index in [0.29, 0.717) is 0 Å². The Bertz CT molecular complexity index is 676. The highest BCUT2D eigenvalue weighted by Gasteiger charge is 2.22. The summed E-state index contributed by atoms with van der Waals surface area (Å²) in [6, 6.07) is 0. The van der Waals surface area contributed by atoms with Gasteiger partial charge >= 0.3 is 0 Å². The highest BCUT2D eigenvalue weighted by atomic mass is 79.9. The Morgan fingerprint density at radius 3 is 2.65 bits per heavy atom. The Balaban J connectivity index is 0.000000924. The molecule has 0 saturated carbocycles. The van der Waals surface area contributed by atoms with Crippen LogP contribution in [-0.2, 0) is 4.79 Å². The highest BCUT2D eigenvalue weighted by Crippen LogP contribution is 2.39. The number of rotatable bonds is 3. The van der Waals surface area contributed by atoms with Crippen LogP contribution in [0, 0.1) is 5.92 Å². The number of H-pyrrole nitrogens is 1. The fourth-order valence-electron chi connectivity index (χ4n) is 2.68. The van der Waals surface area contributed by atoms with E-state index in [0.717, 1.165) is 40.0 Å². The number of amides is 1. The van der Waals surface area contributed by atoms with Crippen LogP contribution in [-0.4, -0.2) is 36.0 Å². The molecule has 0 unspecified atom stereocenters. The van der Waals surface area contributed by atoms with Gasteiger partial charge in [-0.3, -0.25) is 4.79 Å². The van der Waals surface area contributed by atoms with Crippen molar-refractivity contribution in [2.45, 2.75) is 26.7 Å². The molecule has 1 aliphatic rings. The second-order valence-corrected chi connectivity index (χ2v) is 6.57. The van der Waals surface area contributed by atoms with Crippen LogP contribution < -0.4 is 16.0 Å². The molecule has 1 amide bonds. The third-order valence-electron chi connectivity index (χ3n) is 3.83. The Morgan fingerprint density at radius 1 is 1.39 bits per heavy atom. The van der Waals surface area contributed by atoms with E-state index < -0.39 is 0 Å². The van der Waals surface area contributed by atoms with Crippen molar-refractivity contribution in [3.8, 4) is 0 Å². The molecule has 3 rings (SSSR count). The van der Waals surface area contributed by atoms with Gasteiger partial charge in [-0.25, -0.2) is 4.98 Å². The molecular weight excluding hydrogens is 358 g/mol.